The molecule has 2 N–H and O–H groups in total. The lowest BCUT2D eigenvalue weighted by atomic mass is 10.1. The molecule has 0 bridgehead atoms. The smallest absolute Gasteiger partial charge is 0.310 e. The molecule has 168 valence electrons. The van der Waals surface area contributed by atoms with Crippen LogP contribution in [-0.2, 0) is 16.0 Å². The Morgan fingerprint density at radius 1 is 1.22 bits per heavy atom. The lowest BCUT2D eigenvalue weighted by molar-refractivity contribution is -0.144. The second kappa shape index (κ2) is 10.5. The summed E-state index contributed by atoms with van der Waals surface area (Å²) >= 11 is 0. The first-order valence-electron chi connectivity index (χ1n) is 9.93. The third-order valence-electron chi connectivity index (χ3n) is 4.72. The Labute approximate surface area is 183 Å². The predicted molar refractivity (Wildman–Crippen MR) is 113 cm³/mol. The van der Waals surface area contributed by atoms with Crippen molar-refractivity contribution in [3.8, 4) is 11.3 Å². The zero-order valence-corrected chi connectivity index (χ0v) is 17.6. The fourth-order valence-electron chi connectivity index (χ4n) is 2.93. The van der Waals surface area contributed by atoms with E-state index >= 15 is 0 Å². The number of amides is 1. The number of nitrogens with one attached hydrogen (secondary N) is 2. The first kappa shape index (κ1) is 22.9. The number of methoxy groups -OCH3 is 1. The van der Waals surface area contributed by atoms with Gasteiger partial charge in [-0.1, -0.05) is 19.1 Å². The van der Waals surface area contributed by atoms with Gasteiger partial charge in [-0.25, -0.2) is 4.39 Å². The standard InChI is InChI=1S/C22H23F2N5O3/c1-14(22(31)32-2)11-26-21(30)16-6-7-19(25-12-16)18-13-29(28-20(18)24)27-9-8-15-4-3-5-17(23)10-15/h3-7,10,12-14,27H,8-9,11H2,1-2H3,(H,26,30)/t14-/m1/s1. The molecule has 1 amide bonds. The third-order valence-corrected chi connectivity index (χ3v) is 4.72. The number of benzene rings is 1. The Bertz CT molecular complexity index is 1090. The maximum absolute atomic E-state index is 14.3. The average Bonchev–Trinajstić information content (AvgIpc) is 3.17. The molecule has 0 unspecified atom stereocenters. The molecule has 2 heterocycles. The Hall–Kier alpha value is -3.82. The molecule has 32 heavy (non-hydrogen) atoms. The summed E-state index contributed by atoms with van der Waals surface area (Å²) in [6.45, 7) is 2.18. The van der Waals surface area contributed by atoms with Gasteiger partial charge < -0.3 is 15.5 Å². The molecule has 0 saturated heterocycles. The van der Waals surface area contributed by atoms with E-state index in [0.717, 1.165) is 5.56 Å². The summed E-state index contributed by atoms with van der Waals surface area (Å²) in [7, 11) is 1.28. The lowest BCUT2D eigenvalue weighted by Gasteiger charge is -2.10. The van der Waals surface area contributed by atoms with E-state index in [1.807, 2.05) is 0 Å². The average molecular weight is 443 g/mol. The number of nitrogens with zero attached hydrogens (tertiary/aromatic N) is 3. The normalized spacial score (nSPS) is 11.6. The minimum atomic E-state index is -0.722. The van der Waals surface area contributed by atoms with Crippen molar-refractivity contribution in [2.75, 3.05) is 25.6 Å². The molecular weight excluding hydrogens is 420 g/mol. The Balaban J connectivity index is 1.58. The molecule has 0 aliphatic carbocycles. The summed E-state index contributed by atoms with van der Waals surface area (Å²) in [6.07, 6.45) is 3.30. The molecule has 0 radical (unpaired) electrons. The van der Waals surface area contributed by atoms with E-state index < -0.39 is 23.7 Å². The maximum atomic E-state index is 14.3. The zero-order valence-electron chi connectivity index (χ0n) is 17.6. The number of hydrogen-bond acceptors (Lipinski definition) is 6. The van der Waals surface area contributed by atoms with Crippen LogP contribution in [0.3, 0.4) is 0 Å². The molecule has 10 heteroatoms. The van der Waals surface area contributed by atoms with E-state index in [1.165, 1.54) is 48.6 Å². The SMILES string of the molecule is COC(=O)[C@H](C)CNC(=O)c1ccc(-c2cn(NCCc3cccc(F)c3)nc2F)nc1. The fraction of sp³-hybridized carbons (Fsp3) is 0.273. The second-order valence-electron chi connectivity index (χ2n) is 7.13. The first-order valence-corrected chi connectivity index (χ1v) is 9.93. The topological polar surface area (TPSA) is 98.1 Å². The number of rotatable bonds is 9. The lowest BCUT2D eigenvalue weighted by Crippen LogP contribution is -2.32. The Morgan fingerprint density at radius 3 is 2.72 bits per heavy atom. The van der Waals surface area contributed by atoms with Crippen molar-refractivity contribution < 1.29 is 23.1 Å². The Kier molecular flexibility index (Phi) is 7.48. The van der Waals surface area contributed by atoms with Crippen LogP contribution in [0.25, 0.3) is 11.3 Å². The van der Waals surface area contributed by atoms with Crippen LogP contribution in [0.1, 0.15) is 22.8 Å². The number of esters is 1. The van der Waals surface area contributed by atoms with Gasteiger partial charge in [0.15, 0.2) is 0 Å². The van der Waals surface area contributed by atoms with Crippen molar-refractivity contribution in [1.82, 2.24) is 20.2 Å². The van der Waals surface area contributed by atoms with Crippen LogP contribution in [0, 0.1) is 17.7 Å². The minimum absolute atomic E-state index is 0.121. The monoisotopic (exact) mass is 443 g/mol. The number of carbonyl (C=O) groups excluding carboxylic acids is 2. The van der Waals surface area contributed by atoms with Crippen molar-refractivity contribution in [2.24, 2.45) is 5.92 Å². The van der Waals surface area contributed by atoms with Crippen molar-refractivity contribution >= 4 is 11.9 Å². The highest BCUT2D eigenvalue weighted by Gasteiger charge is 2.16. The third kappa shape index (κ3) is 5.87. The quantitative estimate of drug-likeness (QED) is 0.494. The summed E-state index contributed by atoms with van der Waals surface area (Å²) in [4.78, 5) is 29.0. The van der Waals surface area contributed by atoms with Gasteiger partial charge in [-0.15, -0.1) is 5.10 Å². The van der Waals surface area contributed by atoms with Gasteiger partial charge in [0.25, 0.3) is 5.91 Å². The van der Waals surface area contributed by atoms with Crippen LogP contribution < -0.4 is 10.7 Å². The van der Waals surface area contributed by atoms with Crippen LogP contribution in [0.5, 0.6) is 0 Å². The number of ether oxygens (including phenoxy) is 1. The Morgan fingerprint density at radius 2 is 2.03 bits per heavy atom. The fourth-order valence-corrected chi connectivity index (χ4v) is 2.93. The van der Waals surface area contributed by atoms with E-state index in [4.69, 9.17) is 0 Å². The van der Waals surface area contributed by atoms with Crippen molar-refractivity contribution in [2.45, 2.75) is 13.3 Å². The largest absolute Gasteiger partial charge is 0.469 e. The molecule has 1 atom stereocenters. The van der Waals surface area contributed by atoms with Crippen LogP contribution in [0.4, 0.5) is 8.78 Å². The highest BCUT2D eigenvalue weighted by Crippen LogP contribution is 2.19. The van der Waals surface area contributed by atoms with Crippen molar-refractivity contribution in [3.05, 3.63) is 71.7 Å². The van der Waals surface area contributed by atoms with E-state index in [1.54, 1.807) is 19.1 Å². The van der Waals surface area contributed by atoms with Crippen molar-refractivity contribution in [3.63, 3.8) is 0 Å². The minimum Gasteiger partial charge on any atom is -0.469 e. The van der Waals surface area contributed by atoms with Gasteiger partial charge in [0, 0.05) is 19.3 Å². The summed E-state index contributed by atoms with van der Waals surface area (Å²) in [5, 5.41) is 6.39. The van der Waals surface area contributed by atoms with E-state index in [0.29, 0.717) is 18.7 Å². The second-order valence-corrected chi connectivity index (χ2v) is 7.13. The summed E-state index contributed by atoms with van der Waals surface area (Å²) in [5.74, 6) is -2.34. The van der Waals surface area contributed by atoms with Crippen LogP contribution in [0.15, 0.2) is 48.8 Å². The molecule has 0 aliphatic rings. The highest BCUT2D eigenvalue weighted by molar-refractivity contribution is 5.94. The van der Waals surface area contributed by atoms with Gasteiger partial charge in [-0.05, 0) is 36.2 Å². The number of aromatic nitrogens is 3. The molecule has 0 saturated carbocycles. The van der Waals surface area contributed by atoms with E-state index in [-0.39, 0.29) is 23.5 Å². The zero-order chi connectivity index (χ0) is 23.1. The molecule has 2 aromatic heterocycles. The highest BCUT2D eigenvalue weighted by atomic mass is 19.1. The first-order chi connectivity index (χ1) is 15.4. The molecule has 0 aliphatic heterocycles. The molecule has 8 nitrogen and oxygen atoms in total. The van der Waals surface area contributed by atoms with Gasteiger partial charge in [-0.2, -0.15) is 9.18 Å². The van der Waals surface area contributed by atoms with Gasteiger partial charge in [-0.3, -0.25) is 14.6 Å². The van der Waals surface area contributed by atoms with Gasteiger partial charge in [0.1, 0.15) is 5.82 Å². The van der Waals surface area contributed by atoms with Crippen molar-refractivity contribution in [1.29, 1.82) is 0 Å². The predicted octanol–water partition coefficient (Wildman–Crippen LogP) is 2.55. The number of carbonyl (C=O) groups is 2. The summed E-state index contributed by atoms with van der Waals surface area (Å²) < 4.78 is 32.1. The summed E-state index contributed by atoms with van der Waals surface area (Å²) in [5.41, 5.74) is 4.47. The van der Waals surface area contributed by atoms with Gasteiger partial charge in [0.2, 0.25) is 5.95 Å². The maximum Gasteiger partial charge on any atom is 0.310 e. The number of hydrogen-bond donors (Lipinski definition) is 2. The van der Waals surface area contributed by atoms with Crippen LogP contribution >= 0.6 is 0 Å². The molecule has 3 aromatic rings. The molecule has 3 rings (SSSR count). The molecule has 1 aromatic carbocycles. The molecule has 0 spiro atoms. The number of pyridine rings is 1. The number of halogens is 2. The molecular formula is C22H23F2N5O3. The van der Waals surface area contributed by atoms with Crippen LogP contribution in [-0.4, -0.2) is 46.9 Å². The van der Waals surface area contributed by atoms with Gasteiger partial charge >= 0.3 is 5.97 Å². The molecule has 0 fully saturated rings. The summed E-state index contributed by atoms with van der Waals surface area (Å²) in [6, 6.07) is 9.26. The van der Waals surface area contributed by atoms with E-state index in [2.05, 4.69) is 25.6 Å². The van der Waals surface area contributed by atoms with E-state index in [9.17, 15) is 18.4 Å². The van der Waals surface area contributed by atoms with Gasteiger partial charge in [0.05, 0.1) is 36.0 Å². The van der Waals surface area contributed by atoms with Crippen LogP contribution in [0.2, 0.25) is 0 Å².